The number of carbonyl (C=O) groups is 1. The number of fused-ring (bicyclic) bond motifs is 1. The van der Waals surface area contributed by atoms with E-state index >= 15 is 0 Å². The molecule has 5 heteroatoms. The fourth-order valence-electron chi connectivity index (χ4n) is 5.08. The molecule has 2 heterocycles. The van der Waals surface area contributed by atoms with E-state index in [2.05, 4.69) is 24.1 Å². The summed E-state index contributed by atoms with van der Waals surface area (Å²) in [7, 11) is 1.61. The summed E-state index contributed by atoms with van der Waals surface area (Å²) >= 11 is 0. The van der Waals surface area contributed by atoms with E-state index in [0.29, 0.717) is 23.4 Å². The molecule has 0 aromatic carbocycles. The number of rotatable bonds is 6. The van der Waals surface area contributed by atoms with Crippen molar-refractivity contribution < 1.29 is 14.6 Å². The van der Waals surface area contributed by atoms with Crippen LogP contribution in [0.15, 0.2) is 64.5 Å². The minimum atomic E-state index is -0.123. The number of aliphatic imine (C=N–C) groups is 1. The third kappa shape index (κ3) is 5.97. The number of ketones is 1. The standard InChI is InChI=1S/C28H34N2O3/c1-19(20-8-11-25(31)12-9-20)27-5-3-4-21-16-22(6-7-23(21)18-30-27)28(32)13-10-24-17-26(33-2)14-15-29-24/h5-7,10,13-15,17-21,25,31H,3-4,8-9,11-12,16H2,1-2H3/b13-10+,27-5+,30-18?. The van der Waals surface area contributed by atoms with Crippen LogP contribution in [0, 0.1) is 17.8 Å². The molecule has 1 aliphatic heterocycles. The molecule has 5 nitrogen and oxygen atoms in total. The van der Waals surface area contributed by atoms with E-state index in [1.165, 1.54) is 11.3 Å². The van der Waals surface area contributed by atoms with Gasteiger partial charge in [-0.25, -0.2) is 0 Å². The van der Waals surface area contributed by atoms with Gasteiger partial charge in [0.05, 0.1) is 18.9 Å². The number of hydrogen-bond donors (Lipinski definition) is 1. The molecule has 1 N–H and O–H groups in total. The maximum Gasteiger partial charge on any atom is 0.181 e. The van der Waals surface area contributed by atoms with Crippen molar-refractivity contribution in [1.29, 1.82) is 0 Å². The molecule has 33 heavy (non-hydrogen) atoms. The molecule has 0 radical (unpaired) electrons. The average Bonchev–Trinajstić information content (AvgIpc) is 2.83. The van der Waals surface area contributed by atoms with Gasteiger partial charge in [-0.1, -0.05) is 25.2 Å². The highest BCUT2D eigenvalue weighted by atomic mass is 16.5. The molecular formula is C28H34N2O3. The molecule has 0 spiro atoms. The zero-order valence-electron chi connectivity index (χ0n) is 19.6. The Morgan fingerprint density at radius 1 is 1.21 bits per heavy atom. The van der Waals surface area contributed by atoms with Crippen LogP contribution in [0.1, 0.15) is 57.6 Å². The zero-order chi connectivity index (χ0) is 23.2. The van der Waals surface area contributed by atoms with Gasteiger partial charge >= 0.3 is 0 Å². The number of carbonyl (C=O) groups excluding carboxylic acids is 1. The van der Waals surface area contributed by atoms with Gasteiger partial charge in [-0.3, -0.25) is 14.8 Å². The van der Waals surface area contributed by atoms with Gasteiger partial charge in [-0.2, -0.15) is 0 Å². The predicted octanol–water partition coefficient (Wildman–Crippen LogP) is 5.48. The Kier molecular flexibility index (Phi) is 7.71. The van der Waals surface area contributed by atoms with Crippen LogP contribution < -0.4 is 4.74 Å². The number of aliphatic hydroxyl groups is 1. The van der Waals surface area contributed by atoms with Gasteiger partial charge < -0.3 is 9.84 Å². The van der Waals surface area contributed by atoms with Crippen LogP contribution in [0.2, 0.25) is 0 Å². The molecule has 0 saturated heterocycles. The van der Waals surface area contributed by atoms with Crippen molar-refractivity contribution in [2.24, 2.45) is 22.7 Å². The highest BCUT2D eigenvalue weighted by Crippen LogP contribution is 2.36. The second-order valence-electron chi connectivity index (χ2n) is 9.40. The van der Waals surface area contributed by atoms with Gasteiger partial charge in [0.15, 0.2) is 5.78 Å². The quantitative estimate of drug-likeness (QED) is 0.587. The lowest BCUT2D eigenvalue weighted by molar-refractivity contribution is -0.111. The number of methoxy groups -OCH3 is 1. The van der Waals surface area contributed by atoms with Gasteiger partial charge in [0.1, 0.15) is 5.75 Å². The molecule has 2 unspecified atom stereocenters. The number of hydrogen-bond acceptors (Lipinski definition) is 5. The van der Waals surface area contributed by atoms with Crippen molar-refractivity contribution >= 4 is 18.1 Å². The first-order valence-corrected chi connectivity index (χ1v) is 12.1. The van der Waals surface area contributed by atoms with E-state index in [4.69, 9.17) is 9.73 Å². The number of ether oxygens (including phenoxy) is 1. The first-order valence-electron chi connectivity index (χ1n) is 12.1. The molecule has 174 valence electrons. The summed E-state index contributed by atoms with van der Waals surface area (Å²) in [6.45, 7) is 2.28. The fraction of sp³-hybridized carbons (Fsp3) is 0.464. The summed E-state index contributed by atoms with van der Waals surface area (Å²) in [5.41, 5.74) is 3.92. The van der Waals surface area contributed by atoms with E-state index < -0.39 is 0 Å². The molecular weight excluding hydrogens is 412 g/mol. The van der Waals surface area contributed by atoms with Crippen LogP contribution in [-0.2, 0) is 4.79 Å². The predicted molar refractivity (Wildman–Crippen MR) is 132 cm³/mol. The summed E-state index contributed by atoms with van der Waals surface area (Å²) in [6, 6.07) is 3.59. The van der Waals surface area contributed by atoms with Crippen LogP contribution >= 0.6 is 0 Å². The van der Waals surface area contributed by atoms with E-state index in [0.717, 1.165) is 56.3 Å². The Balaban J connectivity index is 1.42. The second-order valence-corrected chi connectivity index (χ2v) is 9.40. The van der Waals surface area contributed by atoms with Crippen LogP contribution in [0.25, 0.3) is 6.08 Å². The highest BCUT2D eigenvalue weighted by molar-refractivity contribution is 6.07. The maximum absolute atomic E-state index is 12.8. The second kappa shape index (κ2) is 10.9. The molecule has 2 atom stereocenters. The molecule has 1 saturated carbocycles. The van der Waals surface area contributed by atoms with Gasteiger partial charge in [0.2, 0.25) is 0 Å². The Bertz CT molecular complexity index is 1010. The van der Waals surface area contributed by atoms with Crippen LogP contribution in [0.5, 0.6) is 5.75 Å². The van der Waals surface area contributed by atoms with Crippen molar-refractivity contribution in [3.8, 4) is 5.75 Å². The third-order valence-corrected chi connectivity index (χ3v) is 7.27. The number of nitrogens with zero attached hydrogens (tertiary/aromatic N) is 2. The van der Waals surface area contributed by atoms with Crippen molar-refractivity contribution in [3.63, 3.8) is 0 Å². The van der Waals surface area contributed by atoms with Gasteiger partial charge in [0.25, 0.3) is 0 Å². The summed E-state index contributed by atoms with van der Waals surface area (Å²) in [5.74, 6) is 2.08. The number of allylic oxidation sites excluding steroid dienone is 7. The summed E-state index contributed by atoms with van der Waals surface area (Å²) in [5, 5.41) is 9.81. The first kappa shape index (κ1) is 23.4. The minimum Gasteiger partial charge on any atom is -0.497 e. The number of pyridine rings is 1. The van der Waals surface area contributed by atoms with E-state index in [1.807, 2.05) is 18.4 Å². The molecule has 4 rings (SSSR count). The number of aliphatic hydroxyl groups excluding tert-OH is 1. The van der Waals surface area contributed by atoms with E-state index in [-0.39, 0.29) is 11.9 Å². The molecule has 1 fully saturated rings. The van der Waals surface area contributed by atoms with E-state index in [1.54, 1.807) is 31.5 Å². The lowest BCUT2D eigenvalue weighted by Gasteiger charge is -2.31. The Hall–Kier alpha value is -2.79. The third-order valence-electron chi connectivity index (χ3n) is 7.27. The van der Waals surface area contributed by atoms with Crippen molar-refractivity contribution in [3.05, 3.63) is 65.2 Å². The largest absolute Gasteiger partial charge is 0.497 e. The minimum absolute atomic E-state index is 0.0262. The molecule has 0 amide bonds. The summed E-state index contributed by atoms with van der Waals surface area (Å²) < 4.78 is 5.21. The normalized spacial score (nSPS) is 28.0. The molecule has 0 bridgehead atoms. The summed E-state index contributed by atoms with van der Waals surface area (Å²) in [6.07, 6.45) is 19.9. The van der Waals surface area contributed by atoms with Gasteiger partial charge in [0, 0.05) is 35.7 Å². The summed E-state index contributed by atoms with van der Waals surface area (Å²) in [4.78, 5) is 21.9. The lowest BCUT2D eigenvalue weighted by Crippen LogP contribution is -2.24. The van der Waals surface area contributed by atoms with Crippen molar-refractivity contribution in [1.82, 2.24) is 4.98 Å². The van der Waals surface area contributed by atoms with Crippen molar-refractivity contribution in [2.75, 3.05) is 7.11 Å². The first-order chi connectivity index (χ1) is 16.0. The van der Waals surface area contributed by atoms with Crippen LogP contribution in [0.3, 0.4) is 0 Å². The topological polar surface area (TPSA) is 71.8 Å². The Labute approximate surface area is 196 Å². The molecule has 1 aromatic heterocycles. The monoisotopic (exact) mass is 446 g/mol. The molecule has 1 aromatic rings. The average molecular weight is 447 g/mol. The molecule has 2 aliphatic carbocycles. The fourth-order valence-corrected chi connectivity index (χ4v) is 5.08. The van der Waals surface area contributed by atoms with Crippen LogP contribution in [0.4, 0.5) is 0 Å². The Morgan fingerprint density at radius 2 is 2.03 bits per heavy atom. The zero-order valence-corrected chi connectivity index (χ0v) is 19.6. The lowest BCUT2D eigenvalue weighted by atomic mass is 9.77. The highest BCUT2D eigenvalue weighted by Gasteiger charge is 2.27. The van der Waals surface area contributed by atoms with Crippen molar-refractivity contribution in [2.45, 2.75) is 58.0 Å². The molecule has 3 aliphatic rings. The maximum atomic E-state index is 12.8. The van der Waals surface area contributed by atoms with Gasteiger partial charge in [-0.15, -0.1) is 0 Å². The van der Waals surface area contributed by atoms with E-state index in [9.17, 15) is 9.90 Å². The van der Waals surface area contributed by atoms with Gasteiger partial charge in [-0.05, 0) is 80.6 Å². The number of aromatic nitrogens is 1. The Morgan fingerprint density at radius 3 is 2.82 bits per heavy atom. The smallest absolute Gasteiger partial charge is 0.181 e. The van der Waals surface area contributed by atoms with Crippen LogP contribution in [-0.4, -0.2) is 35.3 Å². The SMILES string of the molecule is COc1ccnc(/C=C/C(=O)C2=CC=C3C=N/C(C(C)C4CCC(O)CC4)=C/CCC3C2)c1.